The van der Waals surface area contributed by atoms with Crippen LogP contribution in [0.4, 0.5) is 0 Å². The van der Waals surface area contributed by atoms with Crippen molar-refractivity contribution >= 4 is 75.3 Å². The summed E-state index contributed by atoms with van der Waals surface area (Å²) < 4.78 is 11.5. The fraction of sp³-hybridized carbons (Fsp3) is 0. The third kappa shape index (κ3) is 5.04. The first kappa shape index (κ1) is 31.9. The third-order valence-electron chi connectivity index (χ3n) is 11.1. The Kier molecular flexibility index (Phi) is 7.03. The van der Waals surface area contributed by atoms with E-state index in [1.807, 2.05) is 84.1 Å². The first-order chi connectivity index (χ1) is 28.2. The van der Waals surface area contributed by atoms with Crippen molar-refractivity contribution in [2.24, 2.45) is 0 Å². The maximum Gasteiger partial charge on any atom is 0.164 e. The maximum absolute atomic E-state index is 6.58. The van der Waals surface area contributed by atoms with Crippen LogP contribution >= 0.6 is 11.3 Å². The summed E-state index contributed by atoms with van der Waals surface area (Å²) in [5, 5.41) is 7.06. The number of hydrogen-bond donors (Lipinski definition) is 0. The highest BCUT2D eigenvalue weighted by Gasteiger charge is 2.21. The SMILES string of the molecule is c1ccc(-c2nc(-c3ccccc3)nc(-c3cccc4oc5cccc(-c6ccc7c(c6)sc6ccc(-n8c9ccccc9c9ccccc98)cc67)c5c34)n2)cc1. The maximum atomic E-state index is 6.58. The van der Waals surface area contributed by atoms with E-state index in [4.69, 9.17) is 19.4 Å². The zero-order chi connectivity index (χ0) is 37.5. The molecule has 12 rings (SSSR count). The summed E-state index contributed by atoms with van der Waals surface area (Å²) in [5.74, 6) is 1.85. The van der Waals surface area contributed by atoms with Crippen LogP contribution in [0.25, 0.3) is 115 Å². The normalized spacial score (nSPS) is 11.9. The van der Waals surface area contributed by atoms with E-state index in [0.717, 1.165) is 55.4 Å². The summed E-state index contributed by atoms with van der Waals surface area (Å²) in [7, 11) is 0. The van der Waals surface area contributed by atoms with Crippen molar-refractivity contribution < 1.29 is 4.42 Å². The minimum Gasteiger partial charge on any atom is -0.456 e. The van der Waals surface area contributed by atoms with Gasteiger partial charge in [-0.05, 0) is 59.7 Å². The van der Waals surface area contributed by atoms with E-state index in [1.165, 1.54) is 42.0 Å². The number of rotatable bonds is 5. The highest BCUT2D eigenvalue weighted by atomic mass is 32.1. The summed E-state index contributed by atoms with van der Waals surface area (Å²) in [6.45, 7) is 0. The van der Waals surface area contributed by atoms with E-state index in [1.54, 1.807) is 0 Å². The van der Waals surface area contributed by atoms with Gasteiger partial charge in [-0.1, -0.05) is 133 Å². The first-order valence-electron chi connectivity index (χ1n) is 19.0. The topological polar surface area (TPSA) is 56.7 Å². The second kappa shape index (κ2) is 12.6. The Morgan fingerprint density at radius 3 is 1.63 bits per heavy atom. The number of aromatic nitrogens is 4. The van der Waals surface area contributed by atoms with Gasteiger partial charge in [0.15, 0.2) is 17.5 Å². The van der Waals surface area contributed by atoms with Gasteiger partial charge < -0.3 is 8.98 Å². The molecule has 0 aliphatic carbocycles. The molecule has 12 aromatic rings. The smallest absolute Gasteiger partial charge is 0.164 e. The second-order valence-electron chi connectivity index (χ2n) is 14.4. The van der Waals surface area contributed by atoms with Crippen LogP contribution in [0.5, 0.6) is 0 Å². The second-order valence-corrected chi connectivity index (χ2v) is 15.4. The molecule has 0 atom stereocenters. The highest BCUT2D eigenvalue weighted by molar-refractivity contribution is 7.25. The van der Waals surface area contributed by atoms with Crippen molar-refractivity contribution in [1.29, 1.82) is 0 Å². The van der Waals surface area contributed by atoms with Crippen molar-refractivity contribution in [3.05, 3.63) is 182 Å². The average molecular weight is 747 g/mol. The number of fused-ring (bicyclic) bond motifs is 9. The van der Waals surface area contributed by atoms with Gasteiger partial charge in [0.05, 0.1) is 11.0 Å². The van der Waals surface area contributed by atoms with Crippen molar-refractivity contribution in [3.63, 3.8) is 0 Å². The summed E-state index contributed by atoms with van der Waals surface area (Å²) >= 11 is 1.83. The molecule has 0 aliphatic heterocycles. The van der Waals surface area contributed by atoms with Crippen LogP contribution in [-0.2, 0) is 0 Å². The molecule has 0 N–H and O–H groups in total. The number of hydrogen-bond acceptors (Lipinski definition) is 5. The fourth-order valence-electron chi connectivity index (χ4n) is 8.50. The minimum atomic E-state index is 0.602. The summed E-state index contributed by atoms with van der Waals surface area (Å²) in [5.41, 5.74) is 10.2. The molecular weight excluding hydrogens is 717 g/mol. The monoisotopic (exact) mass is 746 g/mol. The van der Waals surface area contributed by atoms with E-state index < -0.39 is 0 Å². The molecule has 6 heteroatoms. The van der Waals surface area contributed by atoms with Gasteiger partial charge in [0.1, 0.15) is 11.2 Å². The number of benzene rings is 8. The average Bonchev–Trinajstić information content (AvgIpc) is 3.96. The lowest BCUT2D eigenvalue weighted by molar-refractivity contribution is 0.669. The number of para-hydroxylation sites is 2. The van der Waals surface area contributed by atoms with Gasteiger partial charge in [-0.2, -0.15) is 0 Å². The quantitative estimate of drug-likeness (QED) is 0.176. The van der Waals surface area contributed by atoms with E-state index in [9.17, 15) is 0 Å². The van der Waals surface area contributed by atoms with Gasteiger partial charge >= 0.3 is 0 Å². The van der Waals surface area contributed by atoms with Gasteiger partial charge in [-0.25, -0.2) is 15.0 Å². The Morgan fingerprint density at radius 1 is 0.386 bits per heavy atom. The molecular formula is C51H30N4OS. The van der Waals surface area contributed by atoms with Crippen LogP contribution in [0.2, 0.25) is 0 Å². The zero-order valence-corrected chi connectivity index (χ0v) is 31.2. The predicted octanol–water partition coefficient (Wildman–Crippen LogP) is 13.9. The lowest BCUT2D eigenvalue weighted by Gasteiger charge is -2.10. The van der Waals surface area contributed by atoms with Crippen molar-refractivity contribution in [2.45, 2.75) is 0 Å². The summed E-state index contributed by atoms with van der Waals surface area (Å²) in [6.07, 6.45) is 0. The van der Waals surface area contributed by atoms with Crippen molar-refractivity contribution in [2.75, 3.05) is 0 Å². The summed E-state index contributed by atoms with van der Waals surface area (Å²) in [4.78, 5) is 15.1. The number of thiophene rings is 1. The molecule has 5 nitrogen and oxygen atoms in total. The molecule has 0 amide bonds. The molecule has 0 unspecified atom stereocenters. The Balaban J connectivity index is 1.03. The molecule has 0 radical (unpaired) electrons. The summed E-state index contributed by atoms with van der Waals surface area (Å²) in [6, 6.07) is 63.8. The predicted molar refractivity (Wildman–Crippen MR) is 236 cm³/mol. The molecule has 0 fully saturated rings. The Morgan fingerprint density at radius 2 is 0.965 bits per heavy atom. The van der Waals surface area contributed by atoms with E-state index in [0.29, 0.717) is 17.5 Å². The van der Waals surface area contributed by atoms with E-state index >= 15 is 0 Å². The molecule has 8 aromatic carbocycles. The van der Waals surface area contributed by atoms with Crippen LogP contribution in [0.15, 0.2) is 186 Å². The fourth-order valence-corrected chi connectivity index (χ4v) is 9.62. The largest absolute Gasteiger partial charge is 0.456 e. The third-order valence-corrected chi connectivity index (χ3v) is 12.2. The Bertz CT molecular complexity index is 3420. The molecule has 0 aliphatic rings. The van der Waals surface area contributed by atoms with E-state index in [2.05, 4.69) is 114 Å². The van der Waals surface area contributed by atoms with Gasteiger partial charge in [-0.15, -0.1) is 11.3 Å². The standard InChI is InChI=1S/C51H30N4OS/c1-3-13-31(14-4-1)49-52-50(32-15-5-2-6-16-32)54-51(53-49)39-20-12-24-44-48(39)47-35(19-11-23-43(47)56-44)33-25-27-38-40-30-34(26-28-45(40)57-46(38)29-33)55-41-21-9-7-17-36(41)37-18-8-10-22-42(37)55/h1-30H. The van der Waals surface area contributed by atoms with Crippen LogP contribution in [0, 0.1) is 0 Å². The van der Waals surface area contributed by atoms with Crippen LogP contribution in [0.3, 0.4) is 0 Å². The van der Waals surface area contributed by atoms with Crippen molar-refractivity contribution in [1.82, 2.24) is 19.5 Å². The lowest BCUT2D eigenvalue weighted by atomic mass is 9.96. The van der Waals surface area contributed by atoms with Gasteiger partial charge in [0, 0.05) is 64.1 Å². The van der Waals surface area contributed by atoms with Crippen LogP contribution in [-0.4, -0.2) is 19.5 Å². The molecule has 266 valence electrons. The number of furan rings is 1. The van der Waals surface area contributed by atoms with Crippen LogP contribution in [0.1, 0.15) is 0 Å². The zero-order valence-electron chi connectivity index (χ0n) is 30.4. The van der Waals surface area contributed by atoms with Crippen molar-refractivity contribution in [3.8, 4) is 51.0 Å². The molecule has 0 saturated heterocycles. The molecule has 0 saturated carbocycles. The lowest BCUT2D eigenvalue weighted by Crippen LogP contribution is -2.00. The molecule has 0 bridgehead atoms. The van der Waals surface area contributed by atoms with Gasteiger partial charge in [0.25, 0.3) is 0 Å². The van der Waals surface area contributed by atoms with Gasteiger partial charge in [-0.3, -0.25) is 0 Å². The minimum absolute atomic E-state index is 0.602. The molecule has 4 heterocycles. The Labute approximate surface area is 330 Å². The molecule has 0 spiro atoms. The first-order valence-corrected chi connectivity index (χ1v) is 19.8. The Hall–Kier alpha value is -7.41. The molecule has 57 heavy (non-hydrogen) atoms. The highest BCUT2D eigenvalue weighted by Crippen LogP contribution is 2.44. The van der Waals surface area contributed by atoms with E-state index in [-0.39, 0.29) is 0 Å². The number of nitrogens with zero attached hydrogens (tertiary/aromatic N) is 4. The molecule has 4 aromatic heterocycles. The van der Waals surface area contributed by atoms with Gasteiger partial charge in [0.2, 0.25) is 0 Å². The van der Waals surface area contributed by atoms with Crippen LogP contribution < -0.4 is 0 Å².